The second-order valence-corrected chi connectivity index (χ2v) is 10.0. The van der Waals surface area contributed by atoms with Crippen molar-refractivity contribution in [3.8, 4) is 0 Å². The van der Waals surface area contributed by atoms with Crippen LogP contribution in [-0.2, 0) is 10.3 Å². The third-order valence-corrected chi connectivity index (χ3v) is 7.72. The Balaban J connectivity index is 1.21. The molecular weight excluding hydrogens is 404 g/mol. The zero-order valence-corrected chi connectivity index (χ0v) is 19.0. The van der Waals surface area contributed by atoms with E-state index in [2.05, 4.69) is 10.2 Å². The molecule has 1 aliphatic carbocycles. The maximum atomic E-state index is 12.5. The quantitative estimate of drug-likeness (QED) is 0.704. The number of piperidine rings is 1. The van der Waals surface area contributed by atoms with Gasteiger partial charge in [-0.2, -0.15) is 0 Å². The Hall–Kier alpha value is -1.89. The van der Waals surface area contributed by atoms with Gasteiger partial charge in [-0.15, -0.1) is 0 Å². The number of fused-ring (bicyclic) bond motifs is 1. The molecule has 5 rings (SSSR count). The molecule has 1 aromatic carbocycles. The number of hydrogen-bond donors (Lipinski definition) is 2. The van der Waals surface area contributed by atoms with Crippen molar-refractivity contribution >= 4 is 16.9 Å². The van der Waals surface area contributed by atoms with Gasteiger partial charge in [0.2, 0.25) is 0 Å². The predicted octanol–water partition coefficient (Wildman–Crippen LogP) is 4.21. The summed E-state index contributed by atoms with van der Waals surface area (Å²) in [5, 5.41) is 15.2. The average molecular weight is 441 g/mol. The maximum Gasteiger partial charge on any atom is 0.287 e. The van der Waals surface area contributed by atoms with Gasteiger partial charge in [0.15, 0.2) is 5.76 Å². The molecule has 3 aliphatic rings. The number of benzene rings is 1. The van der Waals surface area contributed by atoms with Gasteiger partial charge in [-0.1, -0.05) is 25.3 Å². The van der Waals surface area contributed by atoms with E-state index in [9.17, 15) is 9.90 Å². The normalized spacial score (nSPS) is 24.7. The van der Waals surface area contributed by atoms with Crippen molar-refractivity contribution in [2.24, 2.45) is 5.92 Å². The van der Waals surface area contributed by atoms with Crippen molar-refractivity contribution in [2.45, 2.75) is 69.5 Å². The van der Waals surface area contributed by atoms with Crippen molar-refractivity contribution < 1.29 is 19.1 Å². The first kappa shape index (κ1) is 21.9. The van der Waals surface area contributed by atoms with E-state index in [0.29, 0.717) is 17.9 Å². The standard InChI is InChI=1S/C26H36N2O4/c29-25(27-17-22-7-4-14-31-22)24-16-20-15-21(8-9-23(20)32-24)26(30)10-12-28(13-11-26)18-19-5-2-1-3-6-19/h8-9,15-16,19,22,30H,1-7,10-14,17-18H2,(H,27,29)/t22-/m0/s1. The van der Waals surface area contributed by atoms with Crippen LogP contribution >= 0.6 is 0 Å². The highest BCUT2D eigenvalue weighted by molar-refractivity contribution is 5.96. The Labute approximate surface area is 190 Å². The summed E-state index contributed by atoms with van der Waals surface area (Å²) in [6.45, 7) is 4.34. The highest BCUT2D eigenvalue weighted by Crippen LogP contribution is 2.36. The average Bonchev–Trinajstić information content (AvgIpc) is 3.49. The molecule has 2 aliphatic heterocycles. The predicted molar refractivity (Wildman–Crippen MR) is 124 cm³/mol. The fraction of sp³-hybridized carbons (Fsp3) is 0.654. The lowest BCUT2D eigenvalue weighted by atomic mass is 9.83. The molecule has 3 heterocycles. The lowest BCUT2D eigenvalue weighted by Gasteiger charge is -2.40. The summed E-state index contributed by atoms with van der Waals surface area (Å²) in [7, 11) is 0. The van der Waals surface area contributed by atoms with E-state index in [1.54, 1.807) is 6.07 Å². The van der Waals surface area contributed by atoms with E-state index >= 15 is 0 Å². The van der Waals surface area contributed by atoms with Crippen molar-refractivity contribution in [1.82, 2.24) is 10.2 Å². The van der Waals surface area contributed by atoms with Crippen LogP contribution in [0.3, 0.4) is 0 Å². The highest BCUT2D eigenvalue weighted by Gasteiger charge is 2.35. The van der Waals surface area contributed by atoms with Crippen LogP contribution in [0.2, 0.25) is 0 Å². The van der Waals surface area contributed by atoms with Crippen LogP contribution in [0.25, 0.3) is 11.0 Å². The minimum Gasteiger partial charge on any atom is -0.451 e. The third kappa shape index (κ3) is 4.87. The van der Waals surface area contributed by atoms with Crippen LogP contribution in [-0.4, -0.2) is 54.8 Å². The largest absolute Gasteiger partial charge is 0.451 e. The zero-order chi connectivity index (χ0) is 22.0. The van der Waals surface area contributed by atoms with Crippen molar-refractivity contribution in [3.05, 3.63) is 35.6 Å². The number of hydrogen-bond acceptors (Lipinski definition) is 5. The summed E-state index contributed by atoms with van der Waals surface area (Å²) in [6.07, 6.45) is 10.5. The molecule has 32 heavy (non-hydrogen) atoms. The molecule has 6 heteroatoms. The van der Waals surface area contributed by atoms with Gasteiger partial charge < -0.3 is 24.5 Å². The van der Waals surface area contributed by atoms with Gasteiger partial charge in [0.05, 0.1) is 11.7 Å². The fourth-order valence-electron chi connectivity index (χ4n) is 5.67. The molecule has 1 aromatic heterocycles. The Kier molecular flexibility index (Phi) is 6.54. The minimum absolute atomic E-state index is 0.105. The number of nitrogens with zero attached hydrogens (tertiary/aromatic N) is 1. The SMILES string of the molecule is O=C(NC[C@@H]1CCCO1)c1cc2cc(C3(O)CCN(CC4CCCCC4)CC3)ccc2o1. The second-order valence-electron chi connectivity index (χ2n) is 10.0. The molecule has 1 amide bonds. The molecule has 174 valence electrons. The van der Waals surface area contributed by atoms with Crippen LogP contribution < -0.4 is 5.32 Å². The Bertz CT molecular complexity index is 919. The summed E-state index contributed by atoms with van der Waals surface area (Å²) in [5.74, 6) is 0.930. The Morgan fingerprint density at radius 1 is 1.09 bits per heavy atom. The first-order valence-corrected chi connectivity index (χ1v) is 12.5. The van der Waals surface area contributed by atoms with Gasteiger partial charge in [0, 0.05) is 38.2 Å². The van der Waals surface area contributed by atoms with Crippen molar-refractivity contribution in [3.63, 3.8) is 0 Å². The lowest BCUT2D eigenvalue weighted by Crippen LogP contribution is -2.44. The zero-order valence-electron chi connectivity index (χ0n) is 19.0. The summed E-state index contributed by atoms with van der Waals surface area (Å²) in [4.78, 5) is 15.0. The molecule has 0 radical (unpaired) electrons. The first-order valence-electron chi connectivity index (χ1n) is 12.5. The highest BCUT2D eigenvalue weighted by atomic mass is 16.5. The van der Waals surface area contributed by atoms with Crippen molar-refractivity contribution in [2.75, 3.05) is 32.8 Å². The molecule has 0 unspecified atom stereocenters. The molecule has 3 fully saturated rings. The van der Waals surface area contributed by atoms with Crippen molar-refractivity contribution in [1.29, 1.82) is 0 Å². The van der Waals surface area contributed by atoms with Crippen LogP contribution in [0.4, 0.5) is 0 Å². The van der Waals surface area contributed by atoms with Gasteiger partial charge in [0.1, 0.15) is 5.58 Å². The Morgan fingerprint density at radius 2 is 1.91 bits per heavy atom. The van der Waals surface area contributed by atoms with Crippen LogP contribution in [0.5, 0.6) is 0 Å². The number of ether oxygens (including phenoxy) is 1. The number of furan rings is 1. The number of rotatable bonds is 6. The van der Waals surface area contributed by atoms with Gasteiger partial charge in [0.25, 0.3) is 5.91 Å². The van der Waals surface area contributed by atoms with E-state index in [0.717, 1.165) is 62.2 Å². The number of carbonyl (C=O) groups is 1. The molecular formula is C26H36N2O4. The van der Waals surface area contributed by atoms with Gasteiger partial charge >= 0.3 is 0 Å². The number of likely N-dealkylation sites (tertiary alicyclic amines) is 1. The molecule has 1 saturated carbocycles. The first-order chi connectivity index (χ1) is 15.6. The van der Waals surface area contributed by atoms with E-state index in [-0.39, 0.29) is 12.0 Å². The molecule has 2 N–H and O–H groups in total. The number of aliphatic hydroxyl groups is 1. The van der Waals surface area contributed by atoms with Crippen LogP contribution in [0, 0.1) is 5.92 Å². The number of nitrogens with one attached hydrogen (secondary N) is 1. The van der Waals surface area contributed by atoms with E-state index < -0.39 is 5.60 Å². The van der Waals surface area contributed by atoms with Gasteiger partial charge in [-0.25, -0.2) is 0 Å². The van der Waals surface area contributed by atoms with E-state index in [1.165, 1.54) is 38.6 Å². The van der Waals surface area contributed by atoms with E-state index in [4.69, 9.17) is 9.15 Å². The molecule has 2 saturated heterocycles. The molecule has 2 aromatic rings. The second kappa shape index (κ2) is 9.54. The smallest absolute Gasteiger partial charge is 0.287 e. The van der Waals surface area contributed by atoms with E-state index in [1.807, 2.05) is 18.2 Å². The lowest BCUT2D eigenvalue weighted by molar-refractivity contribution is -0.0296. The number of carbonyl (C=O) groups excluding carboxylic acids is 1. The third-order valence-electron chi connectivity index (χ3n) is 7.72. The van der Waals surface area contributed by atoms with Crippen LogP contribution in [0.15, 0.2) is 28.7 Å². The Morgan fingerprint density at radius 3 is 2.66 bits per heavy atom. The van der Waals surface area contributed by atoms with Crippen LogP contribution in [0.1, 0.15) is 73.9 Å². The molecule has 1 atom stereocenters. The number of amides is 1. The topological polar surface area (TPSA) is 74.9 Å². The minimum atomic E-state index is -0.809. The monoisotopic (exact) mass is 440 g/mol. The molecule has 6 nitrogen and oxygen atoms in total. The maximum absolute atomic E-state index is 12.5. The fourth-order valence-corrected chi connectivity index (χ4v) is 5.67. The molecule has 0 bridgehead atoms. The summed E-state index contributed by atoms with van der Waals surface area (Å²) in [5.41, 5.74) is 0.792. The summed E-state index contributed by atoms with van der Waals surface area (Å²) in [6, 6.07) is 7.61. The summed E-state index contributed by atoms with van der Waals surface area (Å²) >= 11 is 0. The van der Waals surface area contributed by atoms with Gasteiger partial charge in [-0.05, 0) is 68.2 Å². The summed E-state index contributed by atoms with van der Waals surface area (Å²) < 4.78 is 11.3. The van der Waals surface area contributed by atoms with Gasteiger partial charge in [-0.3, -0.25) is 4.79 Å². The molecule has 0 spiro atoms.